The highest BCUT2D eigenvalue weighted by Crippen LogP contribution is 2.42. The number of aliphatic hydroxyl groups is 1. The minimum atomic E-state index is -6.11. The van der Waals surface area contributed by atoms with Gasteiger partial charge in [0.2, 0.25) is 0 Å². The van der Waals surface area contributed by atoms with Crippen molar-refractivity contribution in [3.8, 4) is 0 Å². The van der Waals surface area contributed by atoms with Gasteiger partial charge in [-0.05, 0) is 35.6 Å². The quantitative estimate of drug-likeness (QED) is 0.392. The number of cyclic esters (lactones) is 1. The molecule has 172 valence electrons. The highest BCUT2D eigenvalue weighted by Gasteiger charge is 2.64. The van der Waals surface area contributed by atoms with Crippen molar-refractivity contribution in [2.45, 2.75) is 50.6 Å². The zero-order valence-electron chi connectivity index (χ0n) is 17.1. The van der Waals surface area contributed by atoms with E-state index in [1.165, 1.54) is 0 Å². The van der Waals surface area contributed by atoms with Crippen molar-refractivity contribution in [2.75, 3.05) is 4.90 Å². The van der Waals surface area contributed by atoms with Gasteiger partial charge in [-0.25, -0.2) is 9.69 Å². The van der Waals surface area contributed by atoms with E-state index in [-0.39, 0.29) is 17.7 Å². The van der Waals surface area contributed by atoms with Crippen molar-refractivity contribution in [3.05, 3.63) is 65.2 Å². The topological polar surface area (TPSA) is 66.8 Å². The Bertz CT molecular complexity index is 1020. The van der Waals surface area contributed by atoms with Gasteiger partial charge in [-0.15, -0.1) is 0 Å². The van der Waals surface area contributed by atoms with Crippen LogP contribution in [0.1, 0.15) is 41.8 Å². The van der Waals surface area contributed by atoms with E-state index in [1.807, 2.05) is 0 Å². The third-order valence-corrected chi connectivity index (χ3v) is 5.31. The molecule has 1 amide bonds. The van der Waals surface area contributed by atoms with Gasteiger partial charge in [0.15, 0.2) is 0 Å². The molecule has 3 rings (SSSR count). The highest BCUT2D eigenvalue weighted by molar-refractivity contribution is 5.99. The standard InChI is InChI=1S/C22H20F5NO4/c1-20(2,14-6-4-3-5-7-14)11-17(29)18(30)28(22(26,27)21(23,24)25)15-8-9-16-13(10-15)12-32-19(16)31/h3-10,17,29H,11-12H2,1-2H3. The Hall–Kier alpha value is -3.01. The van der Waals surface area contributed by atoms with E-state index in [0.717, 1.165) is 18.2 Å². The predicted octanol–water partition coefficient (Wildman–Crippen LogP) is 4.57. The summed E-state index contributed by atoms with van der Waals surface area (Å²) in [5.41, 5.74) is -1.00. The van der Waals surface area contributed by atoms with Crippen LogP contribution < -0.4 is 4.90 Å². The number of alkyl halides is 5. The van der Waals surface area contributed by atoms with Gasteiger partial charge in [-0.1, -0.05) is 44.2 Å². The molecule has 0 spiro atoms. The summed E-state index contributed by atoms with van der Waals surface area (Å²) in [6, 6.07) is 5.55. The summed E-state index contributed by atoms with van der Waals surface area (Å²) in [5, 5.41) is 10.4. The van der Waals surface area contributed by atoms with Gasteiger partial charge in [-0.3, -0.25) is 4.79 Å². The number of nitrogens with zero attached hydrogens (tertiary/aromatic N) is 1. The first-order chi connectivity index (χ1) is 14.8. The van der Waals surface area contributed by atoms with E-state index in [9.17, 15) is 36.6 Å². The van der Waals surface area contributed by atoms with Gasteiger partial charge in [0.05, 0.1) is 11.3 Å². The summed E-state index contributed by atoms with van der Waals surface area (Å²) in [7, 11) is 0. The molecule has 32 heavy (non-hydrogen) atoms. The van der Waals surface area contributed by atoms with Crippen LogP contribution in [0.25, 0.3) is 0 Å². The fourth-order valence-corrected chi connectivity index (χ4v) is 3.54. The van der Waals surface area contributed by atoms with Crippen molar-refractivity contribution < 1.29 is 41.4 Å². The molecule has 1 unspecified atom stereocenters. The second kappa shape index (κ2) is 8.16. The summed E-state index contributed by atoms with van der Waals surface area (Å²) in [4.78, 5) is 23.6. The van der Waals surface area contributed by atoms with Crippen LogP contribution in [0.4, 0.5) is 27.6 Å². The molecule has 1 atom stereocenters. The predicted molar refractivity (Wildman–Crippen MR) is 104 cm³/mol. The molecular formula is C22H20F5NO4. The van der Waals surface area contributed by atoms with Crippen LogP contribution in [0.5, 0.6) is 0 Å². The number of halogens is 5. The van der Waals surface area contributed by atoms with E-state index in [0.29, 0.717) is 5.56 Å². The average Bonchev–Trinajstić information content (AvgIpc) is 3.07. The lowest BCUT2D eigenvalue weighted by Gasteiger charge is -2.35. The molecule has 5 nitrogen and oxygen atoms in total. The van der Waals surface area contributed by atoms with Crippen LogP contribution in [0.2, 0.25) is 0 Å². The van der Waals surface area contributed by atoms with Crippen LogP contribution in [0.3, 0.4) is 0 Å². The first kappa shape index (κ1) is 23.6. The Morgan fingerprint density at radius 2 is 1.72 bits per heavy atom. The summed E-state index contributed by atoms with van der Waals surface area (Å²) in [6.45, 7) is 2.93. The Morgan fingerprint density at radius 1 is 1.09 bits per heavy atom. The van der Waals surface area contributed by atoms with Crippen molar-refractivity contribution >= 4 is 17.6 Å². The Labute approximate surface area is 180 Å². The van der Waals surface area contributed by atoms with E-state index in [1.54, 1.807) is 44.2 Å². The number of aliphatic hydroxyl groups excluding tert-OH is 1. The summed E-state index contributed by atoms with van der Waals surface area (Å²) in [5.74, 6) is -2.57. The molecule has 0 bridgehead atoms. The molecule has 0 saturated carbocycles. The zero-order valence-corrected chi connectivity index (χ0v) is 17.1. The number of fused-ring (bicyclic) bond motifs is 1. The third-order valence-electron chi connectivity index (χ3n) is 5.31. The Kier molecular flexibility index (Phi) is 6.03. The fourth-order valence-electron chi connectivity index (χ4n) is 3.54. The monoisotopic (exact) mass is 457 g/mol. The first-order valence-electron chi connectivity index (χ1n) is 9.58. The van der Waals surface area contributed by atoms with Crippen molar-refractivity contribution in [1.29, 1.82) is 0 Å². The average molecular weight is 457 g/mol. The maximum absolute atomic E-state index is 14.4. The molecule has 1 heterocycles. The van der Waals surface area contributed by atoms with Crippen LogP contribution in [0, 0.1) is 0 Å². The number of anilines is 1. The zero-order chi connectivity index (χ0) is 23.9. The van der Waals surface area contributed by atoms with Crippen LogP contribution >= 0.6 is 0 Å². The normalized spacial score (nSPS) is 15.2. The van der Waals surface area contributed by atoms with Crippen molar-refractivity contribution in [1.82, 2.24) is 0 Å². The molecule has 1 aliphatic heterocycles. The largest absolute Gasteiger partial charge is 0.475 e. The van der Waals surface area contributed by atoms with Crippen LogP contribution in [0.15, 0.2) is 48.5 Å². The number of benzene rings is 2. The summed E-state index contributed by atoms with van der Waals surface area (Å²) < 4.78 is 73.3. The number of hydrogen-bond acceptors (Lipinski definition) is 4. The van der Waals surface area contributed by atoms with E-state index >= 15 is 0 Å². The lowest BCUT2D eigenvalue weighted by Crippen LogP contribution is -2.58. The smallest absolute Gasteiger partial charge is 0.457 e. The number of amides is 1. The second-order valence-corrected chi connectivity index (χ2v) is 8.10. The molecule has 2 aromatic carbocycles. The molecule has 10 heteroatoms. The molecular weight excluding hydrogens is 437 g/mol. The van der Waals surface area contributed by atoms with E-state index in [2.05, 4.69) is 0 Å². The summed E-state index contributed by atoms with van der Waals surface area (Å²) in [6.07, 6.45) is -8.68. The molecule has 0 fully saturated rings. The van der Waals surface area contributed by atoms with Crippen molar-refractivity contribution in [2.24, 2.45) is 0 Å². The van der Waals surface area contributed by atoms with Gasteiger partial charge in [0.25, 0.3) is 5.91 Å². The number of hydrogen-bond donors (Lipinski definition) is 1. The molecule has 0 saturated heterocycles. The Balaban J connectivity index is 1.98. The van der Waals surface area contributed by atoms with E-state index < -0.39 is 52.6 Å². The fraction of sp³-hybridized carbons (Fsp3) is 0.364. The molecule has 2 aromatic rings. The number of esters is 1. The Morgan fingerprint density at radius 3 is 2.31 bits per heavy atom. The number of carbonyl (C=O) groups excluding carboxylic acids is 2. The van der Waals surface area contributed by atoms with Gasteiger partial charge >= 0.3 is 18.2 Å². The van der Waals surface area contributed by atoms with Gasteiger partial charge in [0, 0.05) is 5.56 Å². The summed E-state index contributed by atoms with van der Waals surface area (Å²) >= 11 is 0. The minimum Gasteiger partial charge on any atom is -0.457 e. The molecule has 1 aliphatic rings. The van der Waals surface area contributed by atoms with Gasteiger partial charge in [-0.2, -0.15) is 22.0 Å². The van der Waals surface area contributed by atoms with E-state index in [4.69, 9.17) is 4.74 Å². The number of carbonyl (C=O) groups is 2. The van der Waals surface area contributed by atoms with Crippen LogP contribution in [-0.2, 0) is 21.6 Å². The maximum Gasteiger partial charge on any atom is 0.475 e. The minimum absolute atomic E-state index is 0.00207. The molecule has 0 aromatic heterocycles. The molecule has 1 N–H and O–H groups in total. The third kappa shape index (κ3) is 4.32. The van der Waals surface area contributed by atoms with Gasteiger partial charge < -0.3 is 9.84 Å². The number of ether oxygens (including phenoxy) is 1. The second-order valence-electron chi connectivity index (χ2n) is 8.10. The maximum atomic E-state index is 14.4. The lowest BCUT2D eigenvalue weighted by atomic mass is 9.79. The van der Waals surface area contributed by atoms with Crippen LogP contribution in [-0.4, -0.2) is 35.3 Å². The van der Waals surface area contributed by atoms with Gasteiger partial charge in [0.1, 0.15) is 12.7 Å². The molecule has 0 aliphatic carbocycles. The highest BCUT2D eigenvalue weighted by atomic mass is 19.4. The first-order valence-corrected chi connectivity index (χ1v) is 9.58. The van der Waals surface area contributed by atoms with Crippen molar-refractivity contribution in [3.63, 3.8) is 0 Å². The SMILES string of the molecule is CC(C)(CC(O)C(=O)N(c1ccc2c(c1)COC2=O)C(F)(F)C(F)(F)F)c1ccccc1. The number of rotatable bonds is 6. The lowest BCUT2D eigenvalue weighted by molar-refractivity contribution is -0.280. The molecule has 0 radical (unpaired) electrons.